The minimum Gasteiger partial charge on any atom is -0.484 e. The zero-order chi connectivity index (χ0) is 17.2. The molecule has 0 N–H and O–H groups in total. The summed E-state index contributed by atoms with van der Waals surface area (Å²) in [5.74, 6) is 2.26. The molecule has 6 nitrogen and oxygen atoms in total. The van der Waals surface area contributed by atoms with Crippen LogP contribution >= 0.6 is 0 Å². The van der Waals surface area contributed by atoms with Crippen molar-refractivity contribution in [3.8, 4) is 5.75 Å². The standard InChI is InChI=1S/C18H20FN3O3/c19-14-3-5-15(6-4-14)24-11-16(23)22-9-7-13(8-10-22)18-21-20-17(25-18)12-1-2-12/h3-6,12-13H,1-2,7-11H2. The highest BCUT2D eigenvalue weighted by Crippen LogP contribution is 2.40. The Bertz CT molecular complexity index is 734. The monoisotopic (exact) mass is 345 g/mol. The van der Waals surface area contributed by atoms with Crippen LogP contribution in [0.4, 0.5) is 4.39 Å². The van der Waals surface area contributed by atoms with Gasteiger partial charge in [0.2, 0.25) is 11.8 Å². The minimum absolute atomic E-state index is 0.0390. The number of nitrogens with zero attached hydrogens (tertiary/aromatic N) is 3. The average Bonchev–Trinajstić information content (AvgIpc) is 3.38. The van der Waals surface area contributed by atoms with Crippen molar-refractivity contribution in [2.45, 2.75) is 37.5 Å². The Labute approximate surface area is 145 Å². The second kappa shape index (κ2) is 6.82. The summed E-state index contributed by atoms with van der Waals surface area (Å²) in [6.45, 7) is 1.26. The maximum absolute atomic E-state index is 12.9. The van der Waals surface area contributed by atoms with Crippen molar-refractivity contribution in [2.75, 3.05) is 19.7 Å². The van der Waals surface area contributed by atoms with E-state index in [1.165, 1.54) is 24.3 Å². The van der Waals surface area contributed by atoms with E-state index >= 15 is 0 Å². The lowest BCUT2D eigenvalue weighted by Crippen LogP contribution is -2.40. The molecule has 1 aromatic heterocycles. The van der Waals surface area contributed by atoms with Gasteiger partial charge in [-0.1, -0.05) is 0 Å². The number of halogens is 1. The lowest BCUT2D eigenvalue weighted by molar-refractivity contribution is -0.134. The normalized spacial score (nSPS) is 18.4. The van der Waals surface area contributed by atoms with Crippen molar-refractivity contribution < 1.29 is 18.3 Å². The van der Waals surface area contributed by atoms with Gasteiger partial charge in [0.05, 0.1) is 0 Å². The van der Waals surface area contributed by atoms with Crippen molar-refractivity contribution in [2.24, 2.45) is 0 Å². The molecule has 132 valence electrons. The predicted molar refractivity (Wildman–Crippen MR) is 86.7 cm³/mol. The molecule has 1 saturated heterocycles. The molecule has 1 saturated carbocycles. The van der Waals surface area contributed by atoms with Gasteiger partial charge >= 0.3 is 0 Å². The van der Waals surface area contributed by atoms with Crippen molar-refractivity contribution in [1.82, 2.24) is 15.1 Å². The fourth-order valence-corrected chi connectivity index (χ4v) is 3.05. The Morgan fingerprint density at radius 1 is 1.08 bits per heavy atom. The number of hydrogen-bond acceptors (Lipinski definition) is 5. The molecule has 1 amide bonds. The number of hydrogen-bond donors (Lipinski definition) is 0. The first-order valence-corrected chi connectivity index (χ1v) is 8.68. The summed E-state index contributed by atoms with van der Waals surface area (Å²) >= 11 is 0. The summed E-state index contributed by atoms with van der Waals surface area (Å²) in [7, 11) is 0. The first-order valence-electron chi connectivity index (χ1n) is 8.68. The molecule has 2 aromatic rings. The molecule has 2 aliphatic rings. The van der Waals surface area contributed by atoms with Crippen LogP contribution in [0.1, 0.15) is 49.3 Å². The van der Waals surface area contributed by atoms with Crippen LogP contribution < -0.4 is 4.74 Å². The van der Waals surface area contributed by atoms with Crippen LogP contribution in [-0.2, 0) is 4.79 Å². The maximum Gasteiger partial charge on any atom is 0.260 e. The van der Waals surface area contributed by atoms with E-state index in [9.17, 15) is 9.18 Å². The van der Waals surface area contributed by atoms with Crippen LogP contribution in [0, 0.1) is 5.82 Å². The third-order valence-corrected chi connectivity index (χ3v) is 4.76. The molecule has 25 heavy (non-hydrogen) atoms. The van der Waals surface area contributed by atoms with Crippen molar-refractivity contribution in [3.05, 3.63) is 41.9 Å². The van der Waals surface area contributed by atoms with E-state index in [0.29, 0.717) is 30.6 Å². The van der Waals surface area contributed by atoms with Crippen LogP contribution in [0.25, 0.3) is 0 Å². The van der Waals surface area contributed by atoms with Gasteiger partial charge in [0, 0.05) is 24.9 Å². The molecule has 4 rings (SSSR count). The second-order valence-corrected chi connectivity index (χ2v) is 6.65. The number of rotatable bonds is 5. The number of amides is 1. The lowest BCUT2D eigenvalue weighted by Gasteiger charge is -2.30. The van der Waals surface area contributed by atoms with Crippen LogP contribution in [0.15, 0.2) is 28.7 Å². The summed E-state index contributed by atoms with van der Waals surface area (Å²) in [4.78, 5) is 14.0. The third kappa shape index (κ3) is 3.81. The highest BCUT2D eigenvalue weighted by Gasteiger charge is 2.32. The van der Waals surface area contributed by atoms with Crippen molar-refractivity contribution in [3.63, 3.8) is 0 Å². The molecule has 0 bridgehead atoms. The van der Waals surface area contributed by atoms with Gasteiger partial charge in [-0.3, -0.25) is 4.79 Å². The molecule has 7 heteroatoms. The Hall–Kier alpha value is -2.44. The van der Waals surface area contributed by atoms with Gasteiger partial charge in [0.1, 0.15) is 11.6 Å². The molecule has 1 aliphatic carbocycles. The van der Waals surface area contributed by atoms with E-state index in [1.807, 2.05) is 0 Å². The molecule has 1 aromatic carbocycles. The highest BCUT2D eigenvalue weighted by atomic mass is 19.1. The van der Waals surface area contributed by atoms with Crippen molar-refractivity contribution >= 4 is 5.91 Å². The zero-order valence-electron chi connectivity index (χ0n) is 13.9. The smallest absolute Gasteiger partial charge is 0.260 e. The second-order valence-electron chi connectivity index (χ2n) is 6.65. The fraction of sp³-hybridized carbons (Fsp3) is 0.500. The van der Waals surface area contributed by atoms with E-state index in [-0.39, 0.29) is 24.2 Å². The van der Waals surface area contributed by atoms with Gasteiger partial charge in [-0.2, -0.15) is 0 Å². The van der Waals surface area contributed by atoms with E-state index < -0.39 is 0 Å². The minimum atomic E-state index is -0.327. The molecule has 2 heterocycles. The van der Waals surface area contributed by atoms with E-state index in [1.54, 1.807) is 4.90 Å². The van der Waals surface area contributed by atoms with Crippen LogP contribution in [0.5, 0.6) is 5.75 Å². The summed E-state index contributed by atoms with van der Waals surface area (Å²) in [5, 5.41) is 8.31. The predicted octanol–water partition coefficient (Wildman–Crippen LogP) is 2.87. The molecule has 2 fully saturated rings. The molecule has 0 radical (unpaired) electrons. The number of piperidine rings is 1. The molecule has 0 unspecified atom stereocenters. The van der Waals surface area contributed by atoms with E-state index in [2.05, 4.69) is 10.2 Å². The summed E-state index contributed by atoms with van der Waals surface area (Å²) < 4.78 is 24.1. The fourth-order valence-electron chi connectivity index (χ4n) is 3.05. The largest absolute Gasteiger partial charge is 0.484 e. The quantitative estimate of drug-likeness (QED) is 0.833. The molecular weight excluding hydrogens is 325 g/mol. The van der Waals surface area contributed by atoms with E-state index in [4.69, 9.17) is 9.15 Å². The molecule has 1 aliphatic heterocycles. The van der Waals surface area contributed by atoms with Crippen LogP contribution in [0.3, 0.4) is 0 Å². The van der Waals surface area contributed by atoms with Crippen LogP contribution in [-0.4, -0.2) is 40.7 Å². The Morgan fingerprint density at radius 3 is 2.28 bits per heavy atom. The van der Waals surface area contributed by atoms with Gasteiger partial charge in [0.15, 0.2) is 6.61 Å². The molecule has 0 atom stereocenters. The number of carbonyl (C=O) groups is 1. The van der Waals surface area contributed by atoms with E-state index in [0.717, 1.165) is 31.6 Å². The van der Waals surface area contributed by atoms with Gasteiger partial charge in [-0.15, -0.1) is 10.2 Å². The van der Waals surface area contributed by atoms with Gasteiger partial charge in [-0.05, 0) is 49.9 Å². The zero-order valence-corrected chi connectivity index (χ0v) is 13.9. The lowest BCUT2D eigenvalue weighted by atomic mass is 9.97. The number of likely N-dealkylation sites (tertiary alicyclic amines) is 1. The molecular formula is C18H20FN3O3. The third-order valence-electron chi connectivity index (χ3n) is 4.76. The number of aromatic nitrogens is 2. The summed E-state index contributed by atoms with van der Waals surface area (Å²) in [6, 6.07) is 5.65. The van der Waals surface area contributed by atoms with Crippen LogP contribution in [0.2, 0.25) is 0 Å². The molecule has 0 spiro atoms. The maximum atomic E-state index is 12.9. The SMILES string of the molecule is O=C(COc1ccc(F)cc1)N1CCC(c2nnc(C3CC3)o2)CC1. The number of ether oxygens (including phenoxy) is 1. The van der Waals surface area contributed by atoms with Gasteiger partial charge < -0.3 is 14.1 Å². The Morgan fingerprint density at radius 2 is 1.68 bits per heavy atom. The highest BCUT2D eigenvalue weighted by molar-refractivity contribution is 5.77. The number of carbonyl (C=O) groups excluding carboxylic acids is 1. The van der Waals surface area contributed by atoms with Gasteiger partial charge in [0.25, 0.3) is 5.91 Å². The Balaban J connectivity index is 1.25. The average molecular weight is 345 g/mol. The Kier molecular flexibility index (Phi) is 4.38. The summed E-state index contributed by atoms with van der Waals surface area (Å²) in [6.07, 6.45) is 3.91. The topological polar surface area (TPSA) is 68.5 Å². The first kappa shape index (κ1) is 16.1. The summed E-state index contributed by atoms with van der Waals surface area (Å²) in [5.41, 5.74) is 0. The number of benzene rings is 1. The first-order chi connectivity index (χ1) is 12.2. The van der Waals surface area contributed by atoms with Crippen molar-refractivity contribution in [1.29, 1.82) is 0 Å². The van der Waals surface area contributed by atoms with Gasteiger partial charge in [-0.25, -0.2) is 4.39 Å².